The predicted molar refractivity (Wildman–Crippen MR) is 127 cm³/mol. The maximum atomic E-state index is 15.1. The smallest absolute Gasteiger partial charge is 0.272 e. The Labute approximate surface area is 202 Å². The average Bonchev–Trinajstić information content (AvgIpc) is 3.23. The number of alkyl halides is 2. The Kier molecular flexibility index (Phi) is 6.41. The van der Waals surface area contributed by atoms with Gasteiger partial charge in [0.25, 0.3) is 6.43 Å². The molecule has 3 atom stereocenters. The van der Waals surface area contributed by atoms with E-state index in [2.05, 4.69) is 14.3 Å². The van der Waals surface area contributed by atoms with Gasteiger partial charge in [0.15, 0.2) is 5.78 Å². The maximum Gasteiger partial charge on any atom is 0.272 e. The largest absolute Gasteiger partial charge is 0.486 e. The molecule has 0 saturated carbocycles. The van der Waals surface area contributed by atoms with E-state index in [1.165, 1.54) is 30.5 Å². The summed E-state index contributed by atoms with van der Waals surface area (Å²) in [5, 5.41) is -0.528. The highest BCUT2D eigenvalue weighted by Crippen LogP contribution is 2.47. The number of halogens is 3. The fourth-order valence-electron chi connectivity index (χ4n) is 4.64. The van der Waals surface area contributed by atoms with Gasteiger partial charge in [0.05, 0.1) is 21.2 Å². The molecular weight excluding hydrogens is 481 g/mol. The minimum atomic E-state index is -2.82. The van der Waals surface area contributed by atoms with Gasteiger partial charge in [0, 0.05) is 18.5 Å². The zero-order valence-electron chi connectivity index (χ0n) is 19.6. The van der Waals surface area contributed by atoms with Crippen molar-refractivity contribution in [1.82, 2.24) is 4.98 Å². The first kappa shape index (κ1) is 25.2. The first-order valence-electron chi connectivity index (χ1n) is 11.1. The van der Waals surface area contributed by atoms with Gasteiger partial charge in [0.2, 0.25) is 0 Å². The van der Waals surface area contributed by atoms with E-state index in [4.69, 9.17) is 10.5 Å². The molecule has 2 N–H and O–H groups in total. The van der Waals surface area contributed by atoms with E-state index < -0.39 is 44.1 Å². The number of ether oxygens (including phenoxy) is 1. The van der Waals surface area contributed by atoms with E-state index in [-0.39, 0.29) is 35.0 Å². The van der Waals surface area contributed by atoms with E-state index in [0.29, 0.717) is 18.5 Å². The molecule has 2 aromatic rings. The summed E-state index contributed by atoms with van der Waals surface area (Å²) in [6, 6.07) is 7.09. The van der Waals surface area contributed by atoms with Crippen LogP contribution in [0.3, 0.4) is 0 Å². The second-order valence-electron chi connectivity index (χ2n) is 9.35. The number of hydrogen-bond donors (Lipinski definition) is 1. The predicted octanol–water partition coefficient (Wildman–Crippen LogP) is 3.89. The van der Waals surface area contributed by atoms with Gasteiger partial charge in [-0.05, 0) is 57.0 Å². The molecule has 0 radical (unpaired) electrons. The second-order valence-corrected chi connectivity index (χ2v) is 12.3. The molecule has 2 aliphatic heterocycles. The van der Waals surface area contributed by atoms with Crippen LogP contribution in [0.15, 0.2) is 45.9 Å². The zero-order chi connectivity index (χ0) is 25.6. The van der Waals surface area contributed by atoms with Crippen LogP contribution in [0, 0.1) is 5.82 Å². The summed E-state index contributed by atoms with van der Waals surface area (Å²) in [4.78, 5) is 21.4. The van der Waals surface area contributed by atoms with Crippen LogP contribution in [0.25, 0.3) is 0 Å². The van der Waals surface area contributed by atoms with Crippen molar-refractivity contribution in [1.29, 1.82) is 0 Å². The number of aliphatic imine (C=N–C) groups is 1. The molecule has 0 fully saturated rings. The summed E-state index contributed by atoms with van der Waals surface area (Å²) in [7, 11) is -2.82. The highest BCUT2D eigenvalue weighted by atomic mass is 32.2. The van der Waals surface area contributed by atoms with Gasteiger partial charge in [0.1, 0.15) is 40.0 Å². The molecule has 0 saturated heterocycles. The van der Waals surface area contributed by atoms with Gasteiger partial charge in [-0.25, -0.2) is 26.7 Å². The first-order chi connectivity index (χ1) is 16.4. The lowest BCUT2D eigenvalue weighted by Gasteiger charge is -2.44. The molecular formula is C24H27F3N4O3S. The maximum absolute atomic E-state index is 15.1. The molecule has 4 rings (SSSR count). The summed E-state index contributed by atoms with van der Waals surface area (Å²) in [5.41, 5.74) is 5.87. The average molecular weight is 509 g/mol. The van der Waals surface area contributed by atoms with Crippen molar-refractivity contribution in [3.8, 4) is 5.75 Å². The number of carbonyl (C=O) groups is 1. The van der Waals surface area contributed by atoms with E-state index >= 15 is 4.39 Å². The molecule has 1 aromatic heterocycles. The Morgan fingerprint density at radius 2 is 2.00 bits per heavy atom. The topological polar surface area (TPSA) is 107 Å². The number of ketones is 1. The van der Waals surface area contributed by atoms with Crippen LogP contribution < -0.4 is 10.5 Å². The number of nitrogens with zero attached hydrogens (tertiary/aromatic N) is 3. The van der Waals surface area contributed by atoms with Crippen LogP contribution in [0.2, 0.25) is 0 Å². The van der Waals surface area contributed by atoms with Gasteiger partial charge >= 0.3 is 0 Å². The lowest BCUT2D eigenvalue weighted by Crippen LogP contribution is -2.58. The molecule has 0 amide bonds. The third-order valence-corrected chi connectivity index (χ3v) is 10.4. The highest BCUT2D eigenvalue weighted by molar-refractivity contribution is 7.96. The number of pyridine rings is 1. The van der Waals surface area contributed by atoms with Crippen LogP contribution in [0.1, 0.15) is 48.8 Å². The number of rotatable bonds is 7. The monoisotopic (exact) mass is 508 g/mol. The van der Waals surface area contributed by atoms with Crippen molar-refractivity contribution in [2.24, 2.45) is 15.1 Å². The third-order valence-electron chi connectivity index (χ3n) is 6.73. The van der Waals surface area contributed by atoms with Gasteiger partial charge in [-0.2, -0.15) is 0 Å². The molecule has 3 heterocycles. The summed E-state index contributed by atoms with van der Waals surface area (Å²) in [6.45, 7) is 4.82. The molecule has 11 heteroatoms. The SMILES string of the molecule is CC1(C)C(N)=N[C@](C)(c2cc(CC(=O)c3ccc(OCC(F)F)cn3)ccc2F)[C@@H]2CCN=[S@@]21=O. The van der Waals surface area contributed by atoms with Crippen LogP contribution in [0.5, 0.6) is 5.75 Å². The summed E-state index contributed by atoms with van der Waals surface area (Å²) in [5.74, 6) is -0.598. The third kappa shape index (κ3) is 4.30. The lowest BCUT2D eigenvalue weighted by molar-refractivity contribution is 0.0816. The summed E-state index contributed by atoms with van der Waals surface area (Å²) < 4.78 is 62.0. The number of nitrogens with two attached hydrogens (primary N) is 1. The van der Waals surface area contributed by atoms with Gasteiger partial charge in [-0.1, -0.05) is 6.07 Å². The van der Waals surface area contributed by atoms with E-state index in [0.717, 1.165) is 0 Å². The Morgan fingerprint density at radius 3 is 2.66 bits per heavy atom. The quantitative estimate of drug-likeness (QED) is 0.571. The molecule has 2 aliphatic rings. The number of benzene rings is 1. The standard InChI is InChI=1S/C24H27F3N4O3S/c1-23(2)22(28)31-24(3,20-8-9-30-35(20,23)33)16-10-14(4-6-17(16)25)11-19(32)18-7-5-15(12-29-18)34-13-21(26)27/h4-7,10,12,20-21H,8-9,11,13H2,1-3H3,(H2,28,31)/t20-,24+,35+/m0/s1. The van der Waals surface area contributed by atoms with Crippen molar-refractivity contribution >= 4 is 21.3 Å². The molecule has 35 heavy (non-hydrogen) atoms. The summed E-state index contributed by atoms with van der Waals surface area (Å²) in [6.07, 6.45) is -1.01. The minimum absolute atomic E-state index is 0.0807. The van der Waals surface area contributed by atoms with E-state index in [9.17, 15) is 17.8 Å². The Bertz CT molecular complexity index is 1300. The number of fused-ring (bicyclic) bond motifs is 1. The summed E-state index contributed by atoms with van der Waals surface area (Å²) >= 11 is 0. The molecule has 0 aliphatic carbocycles. The molecule has 188 valence electrons. The van der Waals surface area contributed by atoms with Crippen LogP contribution in [0.4, 0.5) is 13.2 Å². The van der Waals surface area contributed by atoms with Crippen LogP contribution >= 0.6 is 0 Å². The fourth-order valence-corrected chi connectivity index (χ4v) is 7.80. The van der Waals surface area contributed by atoms with Gasteiger partial charge < -0.3 is 10.5 Å². The van der Waals surface area contributed by atoms with Crippen LogP contribution in [-0.4, -0.2) is 50.4 Å². The molecule has 1 aromatic carbocycles. The Morgan fingerprint density at radius 1 is 1.26 bits per heavy atom. The Hall–Kier alpha value is -2.95. The molecule has 0 unspecified atom stereocenters. The molecule has 0 bridgehead atoms. The highest BCUT2D eigenvalue weighted by Gasteiger charge is 2.56. The molecule has 7 nitrogen and oxygen atoms in total. The van der Waals surface area contributed by atoms with Crippen molar-refractivity contribution in [2.45, 2.75) is 55.6 Å². The van der Waals surface area contributed by atoms with E-state index in [1.807, 2.05) is 0 Å². The minimum Gasteiger partial charge on any atom is -0.486 e. The second kappa shape index (κ2) is 8.92. The molecule has 0 spiro atoms. The van der Waals surface area contributed by atoms with E-state index in [1.54, 1.807) is 26.8 Å². The van der Waals surface area contributed by atoms with Crippen molar-refractivity contribution in [3.05, 3.63) is 59.2 Å². The van der Waals surface area contributed by atoms with Crippen LogP contribution in [-0.2, 0) is 21.7 Å². The van der Waals surface area contributed by atoms with Crippen molar-refractivity contribution in [3.63, 3.8) is 0 Å². The van der Waals surface area contributed by atoms with Crippen molar-refractivity contribution < 1.29 is 26.9 Å². The van der Waals surface area contributed by atoms with Crippen molar-refractivity contribution in [2.75, 3.05) is 13.2 Å². The zero-order valence-corrected chi connectivity index (χ0v) is 20.4. The number of Topliss-reactive ketones (excluding diaryl/α,β-unsaturated/α-hetero) is 1. The Balaban J connectivity index is 1.63. The first-order valence-corrected chi connectivity index (χ1v) is 12.7. The number of carbonyl (C=O) groups excluding carboxylic acids is 1. The van der Waals surface area contributed by atoms with Gasteiger partial charge in [-0.15, -0.1) is 0 Å². The fraction of sp³-hybridized carbons (Fsp3) is 0.458. The number of aromatic nitrogens is 1. The number of amidine groups is 1. The lowest BCUT2D eigenvalue weighted by atomic mass is 9.84. The van der Waals surface area contributed by atoms with Gasteiger partial charge in [-0.3, -0.25) is 9.79 Å². The number of hydrogen-bond acceptors (Lipinski definition) is 7. The normalized spacial score (nSPS) is 27.2.